The Bertz CT molecular complexity index is 532. The minimum atomic E-state index is -0.527. The molecule has 1 atom stereocenters. The third kappa shape index (κ3) is 3.81. The van der Waals surface area contributed by atoms with Crippen molar-refractivity contribution >= 4 is 11.6 Å². The Morgan fingerprint density at radius 1 is 1.58 bits per heavy atom. The Morgan fingerprint density at radius 3 is 2.79 bits per heavy atom. The minimum absolute atomic E-state index is 0.108. The molecule has 1 unspecified atom stereocenters. The van der Waals surface area contributed by atoms with Gasteiger partial charge in [0.25, 0.3) is 11.6 Å². The average molecular weight is 260 g/mol. The van der Waals surface area contributed by atoms with Gasteiger partial charge in [-0.1, -0.05) is 25.3 Å². The van der Waals surface area contributed by atoms with Gasteiger partial charge in [0, 0.05) is 17.7 Å². The van der Waals surface area contributed by atoms with Crippen molar-refractivity contribution in [3.05, 3.63) is 39.4 Å². The highest BCUT2D eigenvalue weighted by Crippen LogP contribution is 2.17. The van der Waals surface area contributed by atoms with E-state index >= 15 is 0 Å². The molecule has 0 aliphatic carbocycles. The molecule has 5 heteroatoms. The number of rotatable bonds is 5. The van der Waals surface area contributed by atoms with Crippen LogP contribution in [0.15, 0.2) is 18.2 Å². The fourth-order valence-electron chi connectivity index (χ4n) is 1.69. The Balaban J connectivity index is 2.96. The fourth-order valence-corrected chi connectivity index (χ4v) is 1.69. The van der Waals surface area contributed by atoms with Crippen LogP contribution in [0.3, 0.4) is 0 Å². The third-order valence-electron chi connectivity index (χ3n) is 2.76. The molecule has 0 saturated heterocycles. The summed E-state index contributed by atoms with van der Waals surface area (Å²) in [5.74, 6) is 2.12. The predicted octanol–water partition coefficient (Wildman–Crippen LogP) is 2.43. The van der Waals surface area contributed by atoms with E-state index < -0.39 is 4.92 Å². The van der Waals surface area contributed by atoms with Crippen molar-refractivity contribution in [1.29, 1.82) is 0 Å². The summed E-state index contributed by atoms with van der Waals surface area (Å²) in [5, 5.41) is 13.4. The highest BCUT2D eigenvalue weighted by Gasteiger charge is 2.16. The lowest BCUT2D eigenvalue weighted by atomic mass is 10.1. The molecule has 1 rings (SSSR count). The third-order valence-corrected chi connectivity index (χ3v) is 2.76. The number of nitrogens with zero attached hydrogens (tertiary/aromatic N) is 1. The van der Waals surface area contributed by atoms with E-state index in [1.165, 1.54) is 12.1 Å². The van der Waals surface area contributed by atoms with Gasteiger partial charge in [-0.2, -0.15) is 0 Å². The standard InChI is InChI=1S/C14H16N2O3/c1-4-6-11(5-2)15-14(17)13-9-12(16(18)19)8-7-10(13)3/h2,7-9,11H,4,6H2,1,3H3,(H,15,17). The van der Waals surface area contributed by atoms with Gasteiger partial charge in [0.05, 0.1) is 11.0 Å². The van der Waals surface area contributed by atoms with E-state index in [9.17, 15) is 14.9 Å². The second-order valence-electron chi connectivity index (χ2n) is 4.24. The summed E-state index contributed by atoms with van der Waals surface area (Å²) in [6, 6.07) is 3.84. The number of nitro groups is 1. The van der Waals surface area contributed by atoms with Gasteiger partial charge in [-0.25, -0.2) is 0 Å². The lowest BCUT2D eigenvalue weighted by molar-refractivity contribution is -0.384. The van der Waals surface area contributed by atoms with Crippen LogP contribution in [0.25, 0.3) is 0 Å². The topological polar surface area (TPSA) is 72.2 Å². The van der Waals surface area contributed by atoms with Crippen LogP contribution in [0, 0.1) is 29.4 Å². The van der Waals surface area contributed by atoms with E-state index in [2.05, 4.69) is 11.2 Å². The van der Waals surface area contributed by atoms with Gasteiger partial charge in [-0.3, -0.25) is 14.9 Å². The highest BCUT2D eigenvalue weighted by molar-refractivity contribution is 5.96. The maximum Gasteiger partial charge on any atom is 0.270 e. The van der Waals surface area contributed by atoms with Gasteiger partial charge in [-0.15, -0.1) is 6.42 Å². The quantitative estimate of drug-likeness (QED) is 0.502. The second kappa shape index (κ2) is 6.55. The van der Waals surface area contributed by atoms with Crippen molar-refractivity contribution in [3.63, 3.8) is 0 Å². The van der Waals surface area contributed by atoms with E-state index in [1.807, 2.05) is 6.92 Å². The monoisotopic (exact) mass is 260 g/mol. The molecule has 0 fully saturated rings. The number of nitrogens with one attached hydrogen (secondary N) is 1. The normalized spacial score (nSPS) is 11.4. The molecule has 1 amide bonds. The molecule has 19 heavy (non-hydrogen) atoms. The zero-order valence-corrected chi connectivity index (χ0v) is 11.0. The van der Waals surface area contributed by atoms with Crippen molar-refractivity contribution in [2.24, 2.45) is 0 Å². The summed E-state index contributed by atoms with van der Waals surface area (Å²) in [4.78, 5) is 22.2. The molecule has 0 aliphatic rings. The summed E-state index contributed by atoms with van der Waals surface area (Å²) in [7, 11) is 0. The minimum Gasteiger partial charge on any atom is -0.338 e. The molecular weight excluding hydrogens is 244 g/mol. The molecule has 100 valence electrons. The van der Waals surface area contributed by atoms with Gasteiger partial charge in [0.15, 0.2) is 0 Å². The predicted molar refractivity (Wildman–Crippen MR) is 72.8 cm³/mol. The summed E-state index contributed by atoms with van der Waals surface area (Å²) in [6.45, 7) is 3.69. The number of carbonyl (C=O) groups excluding carboxylic acids is 1. The molecule has 0 aromatic heterocycles. The van der Waals surface area contributed by atoms with Gasteiger partial charge in [-0.05, 0) is 18.9 Å². The Morgan fingerprint density at radius 2 is 2.26 bits per heavy atom. The Kier molecular flexibility index (Phi) is 5.07. The van der Waals surface area contributed by atoms with Gasteiger partial charge < -0.3 is 5.32 Å². The molecule has 0 bridgehead atoms. The van der Waals surface area contributed by atoms with Crippen LogP contribution >= 0.6 is 0 Å². The van der Waals surface area contributed by atoms with Crippen molar-refractivity contribution in [3.8, 4) is 12.3 Å². The number of amides is 1. The molecule has 0 radical (unpaired) electrons. The van der Waals surface area contributed by atoms with Crippen molar-refractivity contribution in [1.82, 2.24) is 5.32 Å². The van der Waals surface area contributed by atoms with Crippen LogP contribution in [0.1, 0.15) is 35.7 Å². The van der Waals surface area contributed by atoms with E-state index in [0.717, 1.165) is 6.42 Å². The van der Waals surface area contributed by atoms with Crippen molar-refractivity contribution in [2.75, 3.05) is 0 Å². The zero-order chi connectivity index (χ0) is 14.4. The lowest BCUT2D eigenvalue weighted by Gasteiger charge is -2.13. The first kappa shape index (κ1) is 14.7. The van der Waals surface area contributed by atoms with E-state index in [4.69, 9.17) is 6.42 Å². The Hall–Kier alpha value is -2.35. The molecule has 1 aromatic rings. The van der Waals surface area contributed by atoms with Gasteiger partial charge in [0.2, 0.25) is 0 Å². The first-order chi connectivity index (χ1) is 8.99. The van der Waals surface area contributed by atoms with E-state index in [-0.39, 0.29) is 23.2 Å². The van der Waals surface area contributed by atoms with Crippen LogP contribution in [0.5, 0.6) is 0 Å². The number of carbonyl (C=O) groups is 1. The number of benzene rings is 1. The number of aryl methyl sites for hydroxylation is 1. The average Bonchev–Trinajstić information content (AvgIpc) is 2.38. The fraction of sp³-hybridized carbons (Fsp3) is 0.357. The van der Waals surface area contributed by atoms with Gasteiger partial charge >= 0.3 is 0 Å². The van der Waals surface area contributed by atoms with E-state index in [0.29, 0.717) is 12.0 Å². The number of hydrogen-bond acceptors (Lipinski definition) is 3. The summed E-state index contributed by atoms with van der Waals surface area (Å²) < 4.78 is 0. The van der Waals surface area contributed by atoms with Crippen LogP contribution in [-0.2, 0) is 0 Å². The van der Waals surface area contributed by atoms with Crippen molar-refractivity contribution in [2.45, 2.75) is 32.7 Å². The first-order valence-corrected chi connectivity index (χ1v) is 6.01. The molecule has 0 saturated carbocycles. The number of nitro benzene ring substituents is 1. The SMILES string of the molecule is C#CC(CCC)NC(=O)c1cc([N+](=O)[O-])ccc1C. The molecule has 1 N–H and O–H groups in total. The number of terminal acetylenes is 1. The smallest absolute Gasteiger partial charge is 0.270 e. The highest BCUT2D eigenvalue weighted by atomic mass is 16.6. The zero-order valence-electron chi connectivity index (χ0n) is 11.0. The largest absolute Gasteiger partial charge is 0.338 e. The van der Waals surface area contributed by atoms with Crippen LogP contribution in [0.4, 0.5) is 5.69 Å². The molecule has 0 spiro atoms. The Labute approximate surface area is 112 Å². The van der Waals surface area contributed by atoms with Crippen LogP contribution < -0.4 is 5.32 Å². The van der Waals surface area contributed by atoms with Crippen LogP contribution in [0.2, 0.25) is 0 Å². The van der Waals surface area contributed by atoms with E-state index in [1.54, 1.807) is 13.0 Å². The second-order valence-corrected chi connectivity index (χ2v) is 4.24. The summed E-state index contributed by atoms with van der Waals surface area (Å²) in [6.07, 6.45) is 6.86. The number of hydrogen-bond donors (Lipinski definition) is 1. The lowest BCUT2D eigenvalue weighted by Crippen LogP contribution is -2.34. The maximum absolute atomic E-state index is 12.1. The molecule has 0 heterocycles. The summed E-state index contributed by atoms with van der Waals surface area (Å²) in [5.41, 5.74) is 0.851. The molecule has 5 nitrogen and oxygen atoms in total. The van der Waals surface area contributed by atoms with Crippen LogP contribution in [-0.4, -0.2) is 16.9 Å². The maximum atomic E-state index is 12.1. The number of non-ortho nitro benzene ring substituents is 1. The summed E-state index contributed by atoms with van der Waals surface area (Å²) >= 11 is 0. The molecular formula is C14H16N2O3. The van der Waals surface area contributed by atoms with Crippen molar-refractivity contribution < 1.29 is 9.72 Å². The first-order valence-electron chi connectivity index (χ1n) is 6.01. The molecule has 0 aliphatic heterocycles. The van der Waals surface area contributed by atoms with Gasteiger partial charge in [0.1, 0.15) is 0 Å². The molecule has 1 aromatic carbocycles.